The normalized spacial score (nSPS) is 9.80. The van der Waals surface area contributed by atoms with Gasteiger partial charge in [0.25, 0.3) is 5.69 Å². The number of nitrogens with one attached hydrogen (secondary N) is 3. The molecule has 0 unspecified atom stereocenters. The Hall–Kier alpha value is -3.75. The molecule has 0 aliphatic heterocycles. The molecule has 0 aliphatic rings. The molecule has 3 amide bonds. The van der Waals surface area contributed by atoms with Crippen LogP contribution in [0.1, 0.15) is 6.92 Å². The molecular weight excluding hydrogens is 328 g/mol. The van der Waals surface area contributed by atoms with Crippen LogP contribution in [0.25, 0.3) is 0 Å². The molecule has 0 aliphatic carbocycles. The third-order valence-corrected chi connectivity index (χ3v) is 3.00. The lowest BCUT2D eigenvalue weighted by molar-refractivity contribution is -0.383. The number of carbonyl (C=O) groups is 3. The Morgan fingerprint density at radius 2 is 1.48 bits per heavy atom. The number of benzene rings is 2. The summed E-state index contributed by atoms with van der Waals surface area (Å²) >= 11 is 0. The van der Waals surface area contributed by atoms with Crippen LogP contribution in [0, 0.1) is 10.1 Å². The number of carbonyl (C=O) groups excluding carboxylic acids is 3. The summed E-state index contributed by atoms with van der Waals surface area (Å²) in [5.41, 5.74) is 0.328. The highest BCUT2D eigenvalue weighted by Crippen LogP contribution is 2.23. The Bertz CT molecular complexity index is 850. The zero-order valence-corrected chi connectivity index (χ0v) is 13.1. The maximum atomic E-state index is 12.0. The number of hydrogen-bond donors (Lipinski definition) is 3. The molecule has 128 valence electrons. The lowest BCUT2D eigenvalue weighted by Gasteiger charge is -2.08. The third kappa shape index (κ3) is 4.86. The number of anilines is 3. The molecule has 9 heteroatoms. The highest BCUT2D eigenvalue weighted by molar-refractivity contribution is 6.43. The second-order valence-electron chi connectivity index (χ2n) is 4.94. The molecule has 0 bridgehead atoms. The van der Waals surface area contributed by atoms with E-state index in [1.54, 1.807) is 12.1 Å². The Kier molecular flexibility index (Phi) is 5.41. The molecule has 0 spiro atoms. The van der Waals surface area contributed by atoms with Gasteiger partial charge < -0.3 is 16.0 Å². The van der Waals surface area contributed by atoms with Gasteiger partial charge in [0.1, 0.15) is 5.69 Å². The van der Waals surface area contributed by atoms with Gasteiger partial charge in [0.05, 0.1) is 4.92 Å². The average molecular weight is 342 g/mol. The van der Waals surface area contributed by atoms with Crippen LogP contribution in [0.4, 0.5) is 22.7 Å². The van der Waals surface area contributed by atoms with Crippen molar-refractivity contribution < 1.29 is 19.3 Å². The minimum absolute atomic E-state index is 0.0837. The van der Waals surface area contributed by atoms with Crippen LogP contribution < -0.4 is 16.0 Å². The SMILES string of the molecule is CC(=O)Nc1cccc(NC(=O)C(=O)Nc2ccccc2[N+](=O)[O-])c1. The molecule has 0 radical (unpaired) electrons. The maximum Gasteiger partial charge on any atom is 0.314 e. The molecule has 0 aromatic heterocycles. The Labute approximate surface area is 142 Å². The standard InChI is InChI=1S/C16H14N4O5/c1-10(21)17-11-5-4-6-12(9-11)18-15(22)16(23)19-13-7-2-3-8-14(13)20(24)25/h2-9H,1H3,(H,17,21)(H,18,22)(H,19,23). The van der Waals surface area contributed by atoms with E-state index in [4.69, 9.17) is 0 Å². The molecule has 9 nitrogen and oxygen atoms in total. The third-order valence-electron chi connectivity index (χ3n) is 3.00. The van der Waals surface area contributed by atoms with Gasteiger partial charge in [0.2, 0.25) is 5.91 Å². The maximum absolute atomic E-state index is 12.0. The van der Waals surface area contributed by atoms with Gasteiger partial charge in [-0.2, -0.15) is 0 Å². The second kappa shape index (κ2) is 7.68. The minimum atomic E-state index is -1.06. The summed E-state index contributed by atoms with van der Waals surface area (Å²) in [4.78, 5) is 45.2. The summed E-state index contributed by atoms with van der Waals surface area (Å²) in [5, 5.41) is 18.0. The largest absolute Gasteiger partial charge is 0.326 e. The first-order valence-electron chi connectivity index (χ1n) is 7.10. The zero-order valence-electron chi connectivity index (χ0n) is 13.1. The number of nitrogens with zero attached hydrogens (tertiary/aromatic N) is 1. The predicted octanol–water partition coefficient (Wildman–Crippen LogP) is 2.13. The van der Waals surface area contributed by atoms with Crippen LogP contribution in [0.2, 0.25) is 0 Å². The highest BCUT2D eigenvalue weighted by atomic mass is 16.6. The van der Waals surface area contributed by atoms with Crippen molar-refractivity contribution in [3.63, 3.8) is 0 Å². The lowest BCUT2D eigenvalue weighted by Crippen LogP contribution is -2.29. The first kappa shape index (κ1) is 17.6. The molecule has 0 saturated carbocycles. The second-order valence-corrected chi connectivity index (χ2v) is 4.94. The van der Waals surface area contributed by atoms with E-state index >= 15 is 0 Å². The van der Waals surface area contributed by atoms with Gasteiger partial charge >= 0.3 is 11.8 Å². The number of nitro groups is 1. The van der Waals surface area contributed by atoms with Gasteiger partial charge in [-0.3, -0.25) is 24.5 Å². The molecule has 3 N–H and O–H groups in total. The average Bonchev–Trinajstić information content (AvgIpc) is 2.54. The van der Waals surface area contributed by atoms with Crippen molar-refractivity contribution in [2.75, 3.05) is 16.0 Å². The van der Waals surface area contributed by atoms with Crippen LogP contribution >= 0.6 is 0 Å². The van der Waals surface area contributed by atoms with E-state index in [1.165, 1.54) is 43.3 Å². The van der Waals surface area contributed by atoms with Crippen molar-refractivity contribution in [3.8, 4) is 0 Å². The molecule has 0 saturated heterocycles. The fourth-order valence-electron chi connectivity index (χ4n) is 1.98. The van der Waals surface area contributed by atoms with Crippen molar-refractivity contribution in [2.24, 2.45) is 0 Å². The number of amides is 3. The molecule has 2 rings (SSSR count). The van der Waals surface area contributed by atoms with Crippen molar-refractivity contribution >= 4 is 40.5 Å². The fraction of sp³-hybridized carbons (Fsp3) is 0.0625. The van der Waals surface area contributed by atoms with Gasteiger partial charge in [0.15, 0.2) is 0 Å². The summed E-state index contributed by atoms with van der Waals surface area (Å²) < 4.78 is 0. The topological polar surface area (TPSA) is 130 Å². The van der Waals surface area contributed by atoms with E-state index in [0.717, 1.165) is 0 Å². The van der Waals surface area contributed by atoms with Gasteiger partial charge in [-0.1, -0.05) is 18.2 Å². The number of hydrogen-bond acceptors (Lipinski definition) is 5. The Morgan fingerprint density at radius 3 is 2.12 bits per heavy atom. The summed E-state index contributed by atoms with van der Waals surface area (Å²) in [6.45, 7) is 1.34. The number of para-hydroxylation sites is 2. The molecule has 0 atom stereocenters. The summed E-state index contributed by atoms with van der Waals surface area (Å²) in [6.07, 6.45) is 0. The van der Waals surface area contributed by atoms with Crippen LogP contribution in [0.5, 0.6) is 0 Å². The summed E-state index contributed by atoms with van der Waals surface area (Å²) in [7, 11) is 0. The van der Waals surface area contributed by atoms with E-state index in [2.05, 4.69) is 16.0 Å². The van der Waals surface area contributed by atoms with Crippen LogP contribution in [-0.2, 0) is 14.4 Å². The van der Waals surface area contributed by atoms with Crippen molar-refractivity contribution in [1.82, 2.24) is 0 Å². The predicted molar refractivity (Wildman–Crippen MR) is 91.1 cm³/mol. The van der Waals surface area contributed by atoms with Gasteiger partial charge in [-0.05, 0) is 24.3 Å². The zero-order chi connectivity index (χ0) is 18.4. The molecular formula is C16H14N4O5. The van der Waals surface area contributed by atoms with Crippen molar-refractivity contribution in [3.05, 3.63) is 58.6 Å². The van der Waals surface area contributed by atoms with E-state index in [1.807, 2.05) is 0 Å². The van der Waals surface area contributed by atoms with E-state index < -0.39 is 16.7 Å². The van der Waals surface area contributed by atoms with Crippen LogP contribution in [-0.4, -0.2) is 22.6 Å². The van der Waals surface area contributed by atoms with Crippen LogP contribution in [0.3, 0.4) is 0 Å². The molecule has 25 heavy (non-hydrogen) atoms. The summed E-state index contributed by atoms with van der Waals surface area (Å²) in [5.74, 6) is -2.34. The van der Waals surface area contributed by atoms with Crippen molar-refractivity contribution in [2.45, 2.75) is 6.92 Å². The minimum Gasteiger partial charge on any atom is -0.326 e. The van der Waals surface area contributed by atoms with E-state index in [-0.39, 0.29) is 23.0 Å². The number of rotatable bonds is 4. The van der Waals surface area contributed by atoms with E-state index in [0.29, 0.717) is 5.69 Å². The molecule has 2 aromatic rings. The van der Waals surface area contributed by atoms with Crippen molar-refractivity contribution in [1.29, 1.82) is 0 Å². The monoisotopic (exact) mass is 342 g/mol. The Morgan fingerprint density at radius 1 is 0.880 bits per heavy atom. The first-order chi connectivity index (χ1) is 11.9. The van der Waals surface area contributed by atoms with Gasteiger partial charge in [-0.15, -0.1) is 0 Å². The molecule has 2 aromatic carbocycles. The van der Waals surface area contributed by atoms with Gasteiger partial charge in [-0.25, -0.2) is 0 Å². The highest BCUT2D eigenvalue weighted by Gasteiger charge is 2.19. The summed E-state index contributed by atoms with van der Waals surface area (Å²) in [6, 6.07) is 11.7. The molecule has 0 fully saturated rings. The fourth-order valence-corrected chi connectivity index (χ4v) is 1.98. The number of nitro benzene ring substituents is 1. The van der Waals surface area contributed by atoms with Crippen LogP contribution in [0.15, 0.2) is 48.5 Å². The molecule has 0 heterocycles. The van der Waals surface area contributed by atoms with E-state index in [9.17, 15) is 24.5 Å². The lowest BCUT2D eigenvalue weighted by atomic mass is 10.2. The smallest absolute Gasteiger partial charge is 0.314 e. The quantitative estimate of drug-likeness (QED) is 0.445. The van der Waals surface area contributed by atoms with Gasteiger partial charge in [0, 0.05) is 24.4 Å². The Balaban J connectivity index is 2.08. The first-order valence-corrected chi connectivity index (χ1v) is 7.10.